The van der Waals surface area contributed by atoms with Gasteiger partial charge >= 0.3 is 0 Å². The zero-order chi connectivity index (χ0) is 14.4. The molecule has 1 heterocycles. The van der Waals surface area contributed by atoms with E-state index >= 15 is 0 Å². The Kier molecular flexibility index (Phi) is 5.18. The number of nitrogens with zero attached hydrogens (tertiary/aromatic N) is 2. The van der Waals surface area contributed by atoms with E-state index in [1.807, 2.05) is 50.2 Å². The van der Waals surface area contributed by atoms with Crippen molar-refractivity contribution in [3.8, 4) is 5.88 Å². The van der Waals surface area contributed by atoms with Gasteiger partial charge in [-0.25, -0.2) is 4.98 Å². The summed E-state index contributed by atoms with van der Waals surface area (Å²) >= 11 is 6.04. The first-order valence-electron chi connectivity index (χ1n) is 6.59. The average molecular weight is 292 g/mol. The lowest BCUT2D eigenvalue weighted by Gasteiger charge is -2.17. The van der Waals surface area contributed by atoms with Gasteiger partial charge in [0.15, 0.2) is 0 Å². The maximum Gasteiger partial charge on any atom is 0.226 e. The molecule has 4 nitrogen and oxygen atoms in total. The van der Waals surface area contributed by atoms with Gasteiger partial charge in [-0.3, -0.25) is 0 Å². The van der Waals surface area contributed by atoms with Gasteiger partial charge in [-0.15, -0.1) is 11.6 Å². The van der Waals surface area contributed by atoms with Gasteiger partial charge in [-0.1, -0.05) is 30.3 Å². The molecule has 0 spiro atoms. The molecule has 1 aromatic heterocycles. The summed E-state index contributed by atoms with van der Waals surface area (Å²) in [5.74, 6) is 1.54. The van der Waals surface area contributed by atoms with Crippen molar-refractivity contribution in [2.75, 3.05) is 17.8 Å². The first-order chi connectivity index (χ1) is 9.72. The van der Waals surface area contributed by atoms with E-state index in [1.165, 1.54) is 0 Å². The summed E-state index contributed by atoms with van der Waals surface area (Å²) in [4.78, 5) is 8.70. The van der Waals surface area contributed by atoms with Crippen LogP contribution in [0.25, 0.3) is 0 Å². The third-order valence-electron chi connectivity index (χ3n) is 2.78. The lowest BCUT2D eigenvalue weighted by molar-refractivity contribution is 0.326. The fourth-order valence-electron chi connectivity index (χ4n) is 1.88. The van der Waals surface area contributed by atoms with Gasteiger partial charge < -0.3 is 10.1 Å². The van der Waals surface area contributed by atoms with Crippen molar-refractivity contribution in [1.82, 2.24) is 9.97 Å². The minimum absolute atomic E-state index is 0.0332. The molecular weight excluding hydrogens is 274 g/mol. The van der Waals surface area contributed by atoms with Gasteiger partial charge in [0, 0.05) is 17.6 Å². The van der Waals surface area contributed by atoms with Crippen LogP contribution in [0.1, 0.15) is 24.2 Å². The molecule has 0 saturated heterocycles. The van der Waals surface area contributed by atoms with E-state index < -0.39 is 0 Å². The number of aryl methyl sites for hydroxylation is 1. The van der Waals surface area contributed by atoms with E-state index in [-0.39, 0.29) is 6.04 Å². The lowest BCUT2D eigenvalue weighted by atomic mass is 10.1. The van der Waals surface area contributed by atoms with Crippen LogP contribution in [0.15, 0.2) is 36.4 Å². The van der Waals surface area contributed by atoms with Crippen LogP contribution in [-0.2, 0) is 0 Å². The van der Waals surface area contributed by atoms with Gasteiger partial charge in [-0.05, 0) is 19.4 Å². The zero-order valence-corrected chi connectivity index (χ0v) is 12.4. The second-order valence-corrected chi connectivity index (χ2v) is 4.67. The number of hydrogen-bond donors (Lipinski definition) is 1. The Morgan fingerprint density at radius 3 is 2.65 bits per heavy atom. The predicted octanol–water partition coefficient (Wildman–Crippen LogP) is 3.58. The maximum absolute atomic E-state index is 6.04. The zero-order valence-electron chi connectivity index (χ0n) is 11.6. The Labute approximate surface area is 124 Å². The summed E-state index contributed by atoms with van der Waals surface area (Å²) in [6.07, 6.45) is 0. The van der Waals surface area contributed by atoms with Gasteiger partial charge in [0.2, 0.25) is 11.8 Å². The molecule has 0 radical (unpaired) electrons. The first kappa shape index (κ1) is 14.6. The van der Waals surface area contributed by atoms with E-state index in [0.717, 1.165) is 11.3 Å². The molecule has 1 N–H and O–H groups in total. The predicted molar refractivity (Wildman–Crippen MR) is 81.5 cm³/mol. The normalized spacial score (nSPS) is 11.9. The molecule has 0 aliphatic heterocycles. The van der Waals surface area contributed by atoms with Crippen LogP contribution < -0.4 is 10.1 Å². The third kappa shape index (κ3) is 3.84. The molecule has 1 atom stereocenters. The molecule has 0 aliphatic carbocycles. The number of alkyl halides is 1. The Bertz CT molecular complexity index is 548. The number of ether oxygens (including phenoxy) is 1. The van der Waals surface area contributed by atoms with E-state index in [0.29, 0.717) is 24.3 Å². The van der Waals surface area contributed by atoms with E-state index in [1.54, 1.807) is 0 Å². The summed E-state index contributed by atoms with van der Waals surface area (Å²) in [6.45, 7) is 4.41. The molecular formula is C15H18ClN3O. The fourth-order valence-corrected chi connectivity index (χ4v) is 2.13. The second-order valence-electron chi connectivity index (χ2n) is 4.37. The van der Waals surface area contributed by atoms with Gasteiger partial charge in [0.1, 0.15) is 0 Å². The van der Waals surface area contributed by atoms with Crippen LogP contribution in [0, 0.1) is 6.92 Å². The molecule has 0 bridgehead atoms. The van der Waals surface area contributed by atoms with Crippen molar-refractivity contribution in [1.29, 1.82) is 0 Å². The second kappa shape index (κ2) is 7.10. The Morgan fingerprint density at radius 2 is 2.00 bits per heavy atom. The van der Waals surface area contributed by atoms with Crippen molar-refractivity contribution in [3.63, 3.8) is 0 Å². The molecule has 2 aromatic rings. The minimum Gasteiger partial charge on any atom is -0.478 e. The SMILES string of the molecule is CCOc1cc(C)nc(NC(CCl)c2ccccc2)n1. The fraction of sp³-hybridized carbons (Fsp3) is 0.333. The van der Waals surface area contributed by atoms with Gasteiger partial charge in [0.25, 0.3) is 0 Å². The van der Waals surface area contributed by atoms with E-state index in [2.05, 4.69) is 15.3 Å². The monoisotopic (exact) mass is 291 g/mol. The van der Waals surface area contributed by atoms with Crippen LogP contribution in [0.5, 0.6) is 5.88 Å². The highest BCUT2D eigenvalue weighted by molar-refractivity contribution is 6.18. The Balaban J connectivity index is 2.19. The number of nitrogens with one attached hydrogen (secondary N) is 1. The number of hydrogen-bond acceptors (Lipinski definition) is 4. The van der Waals surface area contributed by atoms with Crippen molar-refractivity contribution >= 4 is 17.5 Å². The molecule has 0 aliphatic rings. The molecule has 0 amide bonds. The molecule has 20 heavy (non-hydrogen) atoms. The summed E-state index contributed by atoms with van der Waals surface area (Å²) < 4.78 is 5.42. The van der Waals surface area contributed by atoms with Crippen molar-refractivity contribution < 1.29 is 4.74 Å². The average Bonchev–Trinajstić information content (AvgIpc) is 2.45. The standard InChI is InChI=1S/C15H18ClN3O/c1-3-20-14-9-11(2)17-15(19-14)18-13(10-16)12-7-5-4-6-8-12/h4-9,13H,3,10H2,1-2H3,(H,17,18,19). The summed E-state index contributed by atoms with van der Waals surface area (Å²) in [7, 11) is 0. The summed E-state index contributed by atoms with van der Waals surface area (Å²) in [5, 5.41) is 3.25. The van der Waals surface area contributed by atoms with E-state index in [9.17, 15) is 0 Å². The lowest BCUT2D eigenvalue weighted by Crippen LogP contribution is -2.15. The minimum atomic E-state index is -0.0332. The molecule has 106 valence electrons. The van der Waals surface area contributed by atoms with Crippen LogP contribution in [0.4, 0.5) is 5.95 Å². The molecule has 0 saturated carbocycles. The summed E-state index contributed by atoms with van der Waals surface area (Å²) in [5.41, 5.74) is 1.96. The van der Waals surface area contributed by atoms with E-state index in [4.69, 9.17) is 16.3 Å². The van der Waals surface area contributed by atoms with Crippen molar-refractivity contribution in [2.45, 2.75) is 19.9 Å². The van der Waals surface area contributed by atoms with Crippen LogP contribution in [0.2, 0.25) is 0 Å². The van der Waals surface area contributed by atoms with Gasteiger partial charge in [0.05, 0.1) is 12.6 Å². The van der Waals surface area contributed by atoms with Crippen LogP contribution >= 0.6 is 11.6 Å². The topological polar surface area (TPSA) is 47.0 Å². The quantitative estimate of drug-likeness (QED) is 0.827. The third-order valence-corrected chi connectivity index (χ3v) is 3.09. The molecule has 1 unspecified atom stereocenters. The summed E-state index contributed by atoms with van der Waals surface area (Å²) in [6, 6.07) is 11.8. The van der Waals surface area contributed by atoms with Gasteiger partial charge in [-0.2, -0.15) is 4.98 Å². The molecule has 1 aromatic carbocycles. The van der Waals surface area contributed by atoms with Crippen molar-refractivity contribution in [2.24, 2.45) is 0 Å². The highest BCUT2D eigenvalue weighted by Gasteiger charge is 2.12. The van der Waals surface area contributed by atoms with Crippen molar-refractivity contribution in [3.05, 3.63) is 47.7 Å². The largest absolute Gasteiger partial charge is 0.478 e. The maximum atomic E-state index is 6.04. The number of rotatable bonds is 6. The number of halogens is 1. The van der Waals surface area contributed by atoms with Crippen LogP contribution in [-0.4, -0.2) is 22.5 Å². The molecule has 2 rings (SSSR count). The number of anilines is 1. The highest BCUT2D eigenvalue weighted by atomic mass is 35.5. The van der Waals surface area contributed by atoms with Crippen LogP contribution in [0.3, 0.4) is 0 Å². The first-order valence-corrected chi connectivity index (χ1v) is 7.12. The smallest absolute Gasteiger partial charge is 0.226 e. The Morgan fingerprint density at radius 1 is 1.25 bits per heavy atom. The number of benzene rings is 1. The Hall–Kier alpha value is -1.81. The molecule has 0 fully saturated rings. The highest BCUT2D eigenvalue weighted by Crippen LogP contribution is 2.20. The number of aromatic nitrogens is 2. The molecule has 5 heteroatoms.